The van der Waals surface area contributed by atoms with Crippen LogP contribution in [0.5, 0.6) is 11.5 Å². The molecule has 0 radical (unpaired) electrons. The largest absolute Gasteiger partial charge is 0.497 e. The molecule has 0 aliphatic carbocycles. The normalized spacial score (nSPS) is 11.2. The molecule has 0 spiro atoms. The molecule has 0 aliphatic rings. The van der Waals surface area contributed by atoms with E-state index in [1.165, 1.54) is 6.07 Å². The van der Waals surface area contributed by atoms with Crippen molar-refractivity contribution in [2.45, 2.75) is 13.2 Å². The predicted octanol–water partition coefficient (Wildman–Crippen LogP) is 2.41. The van der Waals surface area contributed by atoms with Gasteiger partial charge in [-0.3, -0.25) is 4.99 Å². The van der Waals surface area contributed by atoms with Crippen LogP contribution in [0.4, 0.5) is 4.39 Å². The van der Waals surface area contributed by atoms with Gasteiger partial charge in [-0.15, -0.1) is 0 Å². The summed E-state index contributed by atoms with van der Waals surface area (Å²) in [6.45, 7) is 1.28. The molecule has 0 bridgehead atoms. The first-order chi connectivity index (χ1) is 13.1. The molecule has 0 saturated heterocycles. The first-order valence-electron chi connectivity index (χ1n) is 8.64. The number of rotatable bonds is 8. The van der Waals surface area contributed by atoms with Gasteiger partial charge in [0, 0.05) is 26.2 Å². The Bertz CT molecular complexity index is 751. The number of nitrogens with one attached hydrogen (secondary N) is 1. The van der Waals surface area contributed by atoms with Crippen molar-refractivity contribution in [2.75, 3.05) is 34.4 Å². The van der Waals surface area contributed by atoms with Crippen molar-refractivity contribution in [2.24, 2.45) is 4.99 Å². The third-order valence-corrected chi connectivity index (χ3v) is 4.06. The Hall–Kier alpha value is -2.80. The van der Waals surface area contributed by atoms with Gasteiger partial charge in [-0.05, 0) is 42.0 Å². The van der Waals surface area contributed by atoms with Crippen molar-refractivity contribution in [3.63, 3.8) is 0 Å². The molecule has 0 unspecified atom stereocenters. The van der Waals surface area contributed by atoms with Crippen LogP contribution < -0.4 is 14.8 Å². The molecule has 146 valence electrons. The lowest BCUT2D eigenvalue weighted by Gasteiger charge is -2.22. The molecule has 0 aliphatic heterocycles. The van der Waals surface area contributed by atoms with Crippen LogP contribution in [0.2, 0.25) is 0 Å². The highest BCUT2D eigenvalue weighted by atomic mass is 19.1. The Morgan fingerprint density at radius 2 is 1.89 bits per heavy atom. The van der Waals surface area contributed by atoms with Crippen LogP contribution in [-0.2, 0) is 13.2 Å². The standard InChI is InChI=1S/C20H26FN3O3/c1-22-20(23-13-15-4-9-19(21)16(12-15)14-25)24(2)10-11-27-18-7-5-17(26-3)6-8-18/h4-9,12,25H,10-11,13-14H2,1-3H3,(H,22,23). The van der Waals surface area contributed by atoms with Gasteiger partial charge < -0.3 is 24.8 Å². The number of aliphatic imine (C=N–C) groups is 1. The quantitative estimate of drug-likeness (QED) is 0.548. The van der Waals surface area contributed by atoms with Gasteiger partial charge in [0.15, 0.2) is 5.96 Å². The number of benzene rings is 2. The fourth-order valence-corrected chi connectivity index (χ4v) is 2.50. The van der Waals surface area contributed by atoms with Gasteiger partial charge in [0.25, 0.3) is 0 Å². The highest BCUT2D eigenvalue weighted by Crippen LogP contribution is 2.16. The van der Waals surface area contributed by atoms with Gasteiger partial charge in [-0.2, -0.15) is 0 Å². The minimum atomic E-state index is -0.404. The van der Waals surface area contributed by atoms with Gasteiger partial charge in [0.1, 0.15) is 23.9 Å². The molecule has 0 atom stereocenters. The average molecular weight is 375 g/mol. The summed E-state index contributed by atoms with van der Waals surface area (Å²) in [4.78, 5) is 6.19. The molecule has 0 fully saturated rings. The fourth-order valence-electron chi connectivity index (χ4n) is 2.50. The summed E-state index contributed by atoms with van der Waals surface area (Å²) in [5, 5.41) is 12.4. The van der Waals surface area contributed by atoms with Crippen LogP contribution in [0.15, 0.2) is 47.5 Å². The highest BCUT2D eigenvalue weighted by molar-refractivity contribution is 5.79. The van der Waals surface area contributed by atoms with E-state index in [1.807, 2.05) is 36.2 Å². The maximum absolute atomic E-state index is 13.5. The minimum Gasteiger partial charge on any atom is -0.497 e. The van der Waals surface area contributed by atoms with Gasteiger partial charge >= 0.3 is 0 Å². The van der Waals surface area contributed by atoms with E-state index in [2.05, 4.69) is 10.3 Å². The molecule has 27 heavy (non-hydrogen) atoms. The Morgan fingerprint density at radius 3 is 2.52 bits per heavy atom. The minimum absolute atomic E-state index is 0.283. The lowest BCUT2D eigenvalue weighted by molar-refractivity contribution is 0.275. The molecule has 0 aromatic heterocycles. The number of aliphatic hydroxyl groups is 1. The van der Waals surface area contributed by atoms with Crippen molar-refractivity contribution in [1.29, 1.82) is 0 Å². The van der Waals surface area contributed by atoms with Gasteiger partial charge in [-0.1, -0.05) is 6.07 Å². The van der Waals surface area contributed by atoms with Crippen LogP contribution in [-0.4, -0.2) is 50.3 Å². The highest BCUT2D eigenvalue weighted by Gasteiger charge is 2.08. The third-order valence-electron chi connectivity index (χ3n) is 4.06. The van der Waals surface area contributed by atoms with Crippen LogP contribution in [0.1, 0.15) is 11.1 Å². The van der Waals surface area contributed by atoms with E-state index < -0.39 is 5.82 Å². The number of likely N-dealkylation sites (N-methyl/N-ethyl adjacent to an activating group) is 1. The molecule has 2 aromatic rings. The molecule has 0 amide bonds. The molecule has 6 nitrogen and oxygen atoms in total. The van der Waals surface area contributed by atoms with Crippen molar-refractivity contribution < 1.29 is 19.0 Å². The van der Waals surface area contributed by atoms with E-state index in [0.29, 0.717) is 25.7 Å². The van der Waals surface area contributed by atoms with Crippen LogP contribution in [0.3, 0.4) is 0 Å². The molecule has 0 heterocycles. The fraction of sp³-hybridized carbons (Fsp3) is 0.350. The number of guanidine groups is 1. The van der Waals surface area contributed by atoms with Crippen molar-refractivity contribution in [3.05, 3.63) is 59.4 Å². The van der Waals surface area contributed by atoms with Crippen LogP contribution in [0, 0.1) is 5.82 Å². The molecular weight excluding hydrogens is 349 g/mol. The molecule has 7 heteroatoms. The molecule has 0 saturated carbocycles. The van der Waals surface area contributed by atoms with Crippen LogP contribution >= 0.6 is 0 Å². The molecule has 2 aromatic carbocycles. The lowest BCUT2D eigenvalue weighted by atomic mass is 10.1. The summed E-state index contributed by atoms with van der Waals surface area (Å²) in [5.74, 6) is 1.85. The Labute approximate surface area is 159 Å². The summed E-state index contributed by atoms with van der Waals surface area (Å²) >= 11 is 0. The van der Waals surface area contributed by atoms with E-state index in [-0.39, 0.29) is 12.2 Å². The Kier molecular flexibility index (Phi) is 7.88. The monoisotopic (exact) mass is 375 g/mol. The van der Waals surface area contributed by atoms with Gasteiger partial charge in [0.2, 0.25) is 0 Å². The molecule has 2 rings (SSSR count). The second-order valence-corrected chi connectivity index (χ2v) is 5.93. The Balaban J connectivity index is 1.81. The number of hydrogen-bond donors (Lipinski definition) is 2. The first kappa shape index (κ1) is 20.5. The van der Waals surface area contributed by atoms with Crippen molar-refractivity contribution in [3.8, 4) is 11.5 Å². The number of hydrogen-bond acceptors (Lipinski definition) is 4. The van der Waals surface area contributed by atoms with Crippen molar-refractivity contribution in [1.82, 2.24) is 10.2 Å². The Morgan fingerprint density at radius 1 is 1.19 bits per heavy atom. The molecular formula is C20H26FN3O3. The number of nitrogens with zero attached hydrogens (tertiary/aromatic N) is 2. The summed E-state index contributed by atoms with van der Waals surface area (Å²) in [7, 11) is 5.24. The van der Waals surface area contributed by atoms with E-state index in [4.69, 9.17) is 14.6 Å². The predicted molar refractivity (Wildman–Crippen MR) is 104 cm³/mol. The van der Waals surface area contributed by atoms with E-state index in [0.717, 1.165) is 17.1 Å². The number of ether oxygens (including phenoxy) is 2. The third kappa shape index (κ3) is 6.14. The van der Waals surface area contributed by atoms with E-state index in [9.17, 15) is 4.39 Å². The SMILES string of the molecule is CN=C(NCc1ccc(F)c(CO)c1)N(C)CCOc1ccc(OC)cc1. The molecule has 2 N–H and O–H groups in total. The zero-order valence-corrected chi connectivity index (χ0v) is 15.9. The second kappa shape index (κ2) is 10.4. The van der Waals surface area contributed by atoms with E-state index >= 15 is 0 Å². The zero-order valence-electron chi connectivity index (χ0n) is 15.9. The van der Waals surface area contributed by atoms with Crippen molar-refractivity contribution >= 4 is 5.96 Å². The zero-order chi connectivity index (χ0) is 19.6. The number of aliphatic hydroxyl groups excluding tert-OH is 1. The van der Waals surface area contributed by atoms with Gasteiger partial charge in [0.05, 0.1) is 20.3 Å². The topological polar surface area (TPSA) is 66.3 Å². The second-order valence-electron chi connectivity index (χ2n) is 5.93. The first-order valence-corrected chi connectivity index (χ1v) is 8.64. The maximum Gasteiger partial charge on any atom is 0.193 e. The van der Waals surface area contributed by atoms with E-state index in [1.54, 1.807) is 26.3 Å². The summed E-state index contributed by atoms with van der Waals surface area (Å²) in [5.41, 5.74) is 1.15. The summed E-state index contributed by atoms with van der Waals surface area (Å²) < 4.78 is 24.3. The summed E-state index contributed by atoms with van der Waals surface area (Å²) in [6, 6.07) is 12.1. The maximum atomic E-state index is 13.5. The van der Waals surface area contributed by atoms with Crippen LogP contribution in [0.25, 0.3) is 0 Å². The smallest absolute Gasteiger partial charge is 0.193 e. The summed E-state index contributed by atoms with van der Waals surface area (Å²) in [6.07, 6.45) is 0. The van der Waals surface area contributed by atoms with Gasteiger partial charge in [-0.25, -0.2) is 4.39 Å². The number of halogens is 1. The average Bonchev–Trinajstić information content (AvgIpc) is 2.70. The lowest BCUT2D eigenvalue weighted by Crippen LogP contribution is -2.40. The number of methoxy groups -OCH3 is 1.